The molecule has 2 aliphatic rings. The molecule has 128 valence electrons. The van der Waals surface area contributed by atoms with E-state index in [9.17, 15) is 8.42 Å². The lowest BCUT2D eigenvalue weighted by Gasteiger charge is -2.44. The molecule has 0 bridgehead atoms. The van der Waals surface area contributed by atoms with Crippen molar-refractivity contribution in [3.63, 3.8) is 0 Å². The van der Waals surface area contributed by atoms with Crippen molar-refractivity contribution in [1.29, 1.82) is 0 Å². The van der Waals surface area contributed by atoms with Gasteiger partial charge in [-0.2, -0.15) is 4.31 Å². The van der Waals surface area contributed by atoms with Gasteiger partial charge in [0.05, 0.1) is 13.7 Å². The third-order valence-electron chi connectivity index (χ3n) is 5.21. The highest BCUT2D eigenvalue weighted by molar-refractivity contribution is 7.90. The molecule has 3 rings (SSSR count). The van der Waals surface area contributed by atoms with Gasteiger partial charge in [-0.05, 0) is 43.4 Å². The van der Waals surface area contributed by atoms with E-state index in [1.807, 2.05) is 24.3 Å². The molecule has 1 saturated carbocycles. The maximum atomic E-state index is 13.3. The van der Waals surface area contributed by atoms with Crippen LogP contribution < -0.4 is 4.74 Å². The van der Waals surface area contributed by atoms with Crippen LogP contribution in [0.15, 0.2) is 24.3 Å². The maximum Gasteiger partial charge on any atom is 0.222 e. The van der Waals surface area contributed by atoms with Crippen molar-refractivity contribution < 1.29 is 17.9 Å². The predicted molar refractivity (Wildman–Crippen MR) is 89.1 cm³/mol. The summed E-state index contributed by atoms with van der Waals surface area (Å²) in [7, 11) is -0.163. The van der Waals surface area contributed by atoms with E-state index in [1.54, 1.807) is 18.5 Å². The van der Waals surface area contributed by atoms with Crippen molar-refractivity contribution in [3.8, 4) is 5.75 Å². The van der Waals surface area contributed by atoms with Crippen molar-refractivity contribution >= 4 is 10.0 Å². The zero-order valence-corrected chi connectivity index (χ0v) is 14.6. The molecular weight excluding hydrogens is 314 g/mol. The summed E-state index contributed by atoms with van der Waals surface area (Å²) in [5.41, 5.74) is 1.01. The molecule has 0 N–H and O–H groups in total. The topological polar surface area (TPSA) is 55.8 Å². The molecule has 0 aromatic heterocycles. The van der Waals surface area contributed by atoms with Crippen LogP contribution >= 0.6 is 0 Å². The van der Waals surface area contributed by atoms with Crippen LogP contribution in [0.5, 0.6) is 5.75 Å². The predicted octanol–water partition coefficient (Wildman–Crippen LogP) is 2.73. The minimum Gasteiger partial charge on any atom is -0.497 e. The first-order chi connectivity index (χ1) is 11.0. The summed E-state index contributed by atoms with van der Waals surface area (Å²) in [4.78, 5) is 0. The molecule has 23 heavy (non-hydrogen) atoms. The minimum atomic E-state index is -3.38. The minimum absolute atomic E-state index is 0.0931. The van der Waals surface area contributed by atoms with Crippen LogP contribution in [0.2, 0.25) is 0 Å². The summed E-state index contributed by atoms with van der Waals surface area (Å²) in [6.07, 6.45) is 4.11. The summed E-state index contributed by atoms with van der Waals surface area (Å²) in [5, 5.41) is 0. The van der Waals surface area contributed by atoms with E-state index in [4.69, 9.17) is 9.47 Å². The molecule has 1 atom stereocenters. The van der Waals surface area contributed by atoms with Crippen LogP contribution in [0.1, 0.15) is 43.7 Å². The molecule has 1 aromatic carbocycles. The Hall–Kier alpha value is -1.11. The molecule has 6 heteroatoms. The fourth-order valence-corrected chi connectivity index (χ4v) is 6.27. The van der Waals surface area contributed by atoms with Gasteiger partial charge >= 0.3 is 0 Å². The Morgan fingerprint density at radius 3 is 2.65 bits per heavy atom. The van der Waals surface area contributed by atoms with Crippen molar-refractivity contribution in [3.05, 3.63) is 29.8 Å². The lowest BCUT2D eigenvalue weighted by Crippen LogP contribution is -2.55. The van der Waals surface area contributed by atoms with E-state index in [1.165, 1.54) is 0 Å². The second-order valence-corrected chi connectivity index (χ2v) is 8.81. The molecule has 1 saturated heterocycles. The van der Waals surface area contributed by atoms with Gasteiger partial charge in [0.15, 0.2) is 0 Å². The van der Waals surface area contributed by atoms with Gasteiger partial charge in [-0.25, -0.2) is 8.42 Å². The summed E-state index contributed by atoms with van der Waals surface area (Å²) < 4.78 is 38.1. The van der Waals surface area contributed by atoms with E-state index in [2.05, 4.69) is 0 Å². The van der Waals surface area contributed by atoms with Crippen LogP contribution in [0.25, 0.3) is 0 Å². The number of rotatable bonds is 6. The first-order valence-corrected chi connectivity index (χ1v) is 9.62. The quantitative estimate of drug-likeness (QED) is 0.800. The first kappa shape index (κ1) is 16.7. The van der Waals surface area contributed by atoms with Gasteiger partial charge in [0.25, 0.3) is 0 Å². The molecule has 1 heterocycles. The zero-order chi connectivity index (χ0) is 16.5. The number of hydrogen-bond acceptors (Lipinski definition) is 4. The van der Waals surface area contributed by atoms with E-state index >= 15 is 0 Å². The molecule has 0 spiro atoms. The molecule has 0 amide bonds. The number of methoxy groups -OCH3 is 2. The van der Waals surface area contributed by atoms with E-state index in [0.717, 1.165) is 30.6 Å². The second kappa shape index (κ2) is 6.42. The largest absolute Gasteiger partial charge is 0.497 e. The Labute approximate surface area is 138 Å². The standard InChI is InChI=1S/C17H25NO4S/c1-21-13-17(9-5-10-17)23(19,20)18-11-4-8-16(18)14-6-3-7-15(12-14)22-2/h3,6-7,12,16H,4-5,8-11,13H2,1-2H3. The van der Waals surface area contributed by atoms with Gasteiger partial charge in [0, 0.05) is 19.7 Å². The van der Waals surface area contributed by atoms with Crippen LogP contribution in [-0.4, -0.2) is 44.8 Å². The van der Waals surface area contributed by atoms with E-state index < -0.39 is 14.8 Å². The van der Waals surface area contributed by atoms with Gasteiger partial charge in [0.1, 0.15) is 10.5 Å². The molecule has 2 fully saturated rings. The van der Waals surface area contributed by atoms with Crippen molar-refractivity contribution in [2.24, 2.45) is 0 Å². The fourth-order valence-electron chi connectivity index (χ4n) is 3.77. The normalized spacial score (nSPS) is 24.3. The number of sulfonamides is 1. The SMILES string of the molecule is COCC1(S(=O)(=O)N2CCCC2c2cccc(OC)c2)CCC1. The highest BCUT2D eigenvalue weighted by atomic mass is 32.2. The number of hydrogen-bond donors (Lipinski definition) is 0. The Balaban J connectivity index is 1.91. The van der Waals surface area contributed by atoms with Gasteiger partial charge in [-0.1, -0.05) is 18.6 Å². The van der Waals surface area contributed by atoms with E-state index in [0.29, 0.717) is 19.4 Å². The summed E-state index contributed by atoms with van der Waals surface area (Å²) in [6.45, 7) is 0.881. The number of nitrogens with zero attached hydrogens (tertiary/aromatic N) is 1. The van der Waals surface area contributed by atoms with Gasteiger partial charge in [0.2, 0.25) is 10.0 Å². The van der Waals surface area contributed by atoms with Crippen LogP contribution in [-0.2, 0) is 14.8 Å². The smallest absolute Gasteiger partial charge is 0.222 e. The second-order valence-electron chi connectivity index (χ2n) is 6.52. The van der Waals surface area contributed by atoms with Crippen molar-refractivity contribution in [2.45, 2.75) is 42.9 Å². The third-order valence-corrected chi connectivity index (χ3v) is 7.89. The van der Waals surface area contributed by atoms with Crippen LogP contribution in [0.4, 0.5) is 0 Å². The van der Waals surface area contributed by atoms with Crippen molar-refractivity contribution in [2.75, 3.05) is 27.4 Å². The van der Waals surface area contributed by atoms with Crippen LogP contribution in [0, 0.1) is 0 Å². The summed E-state index contributed by atoms with van der Waals surface area (Å²) in [6, 6.07) is 7.65. The molecule has 0 radical (unpaired) electrons. The average molecular weight is 339 g/mol. The van der Waals surface area contributed by atoms with Gasteiger partial charge in [-0.15, -0.1) is 0 Å². The molecular formula is C17H25NO4S. The van der Waals surface area contributed by atoms with Crippen molar-refractivity contribution in [1.82, 2.24) is 4.31 Å². The summed E-state index contributed by atoms with van der Waals surface area (Å²) in [5.74, 6) is 0.766. The number of benzene rings is 1. The van der Waals surface area contributed by atoms with E-state index in [-0.39, 0.29) is 12.6 Å². The Kier molecular flexibility index (Phi) is 4.67. The lowest BCUT2D eigenvalue weighted by atomic mass is 9.85. The first-order valence-electron chi connectivity index (χ1n) is 8.18. The monoisotopic (exact) mass is 339 g/mol. The summed E-state index contributed by atoms with van der Waals surface area (Å²) >= 11 is 0. The maximum absolute atomic E-state index is 13.3. The lowest BCUT2D eigenvalue weighted by molar-refractivity contribution is 0.122. The highest BCUT2D eigenvalue weighted by Crippen LogP contribution is 2.46. The Morgan fingerprint density at radius 2 is 2.04 bits per heavy atom. The van der Waals surface area contributed by atoms with Gasteiger partial charge in [-0.3, -0.25) is 0 Å². The zero-order valence-electron chi connectivity index (χ0n) is 13.8. The fraction of sp³-hybridized carbons (Fsp3) is 0.647. The highest BCUT2D eigenvalue weighted by Gasteiger charge is 2.54. The molecule has 1 unspecified atom stereocenters. The molecule has 1 aliphatic carbocycles. The van der Waals surface area contributed by atoms with Gasteiger partial charge < -0.3 is 9.47 Å². The molecule has 5 nitrogen and oxygen atoms in total. The molecule has 1 aromatic rings. The molecule has 1 aliphatic heterocycles. The Bertz CT molecular complexity index is 654. The number of ether oxygens (including phenoxy) is 2. The third kappa shape index (κ3) is 2.77. The average Bonchev–Trinajstić information content (AvgIpc) is 3.01. The van der Waals surface area contributed by atoms with Crippen LogP contribution in [0.3, 0.4) is 0 Å². The Morgan fingerprint density at radius 1 is 1.26 bits per heavy atom.